The normalized spacial score (nSPS) is 26.4. The molecular formula is C52H60N8O9S. The lowest BCUT2D eigenvalue weighted by atomic mass is 9.59. The highest BCUT2D eigenvalue weighted by atomic mass is 32.2. The first-order chi connectivity index (χ1) is 33.9. The Bertz CT molecular complexity index is 2960. The van der Waals surface area contributed by atoms with Gasteiger partial charge in [0, 0.05) is 54.6 Å². The minimum atomic E-state index is -4.69. The fourth-order valence-electron chi connectivity index (χ4n) is 12.9. The molecule has 5 aromatic rings. The van der Waals surface area contributed by atoms with Crippen molar-refractivity contribution in [2.45, 2.75) is 119 Å². The molecule has 5 aliphatic heterocycles. The van der Waals surface area contributed by atoms with Gasteiger partial charge in [0.15, 0.2) is 11.4 Å². The summed E-state index contributed by atoms with van der Waals surface area (Å²) in [4.78, 5) is 41.3. The molecule has 2 aliphatic carbocycles. The van der Waals surface area contributed by atoms with Crippen molar-refractivity contribution in [3.8, 4) is 11.6 Å². The molecule has 12 rings (SSSR count). The fraction of sp³-hybridized carbons (Fsp3) is 0.500. The molecule has 0 bridgehead atoms. The maximum Gasteiger partial charge on any atom is 0.297 e. The number of aliphatic hydroxyl groups excluding tert-OH is 1. The second kappa shape index (κ2) is 17.7. The number of piperidine rings is 1. The van der Waals surface area contributed by atoms with Crippen molar-refractivity contribution < 1.29 is 37.5 Å². The van der Waals surface area contributed by atoms with Gasteiger partial charge in [-0.2, -0.15) is 4.98 Å². The molecule has 7 aliphatic rings. The Morgan fingerprint density at radius 2 is 1.79 bits per heavy atom. The number of aromatic amines is 1. The number of nitrogens with zero attached hydrogens (tertiary/aromatic N) is 5. The fourth-order valence-corrected chi connectivity index (χ4v) is 13.9. The number of nitro benzene ring substituents is 1. The van der Waals surface area contributed by atoms with E-state index < -0.39 is 37.5 Å². The van der Waals surface area contributed by atoms with Gasteiger partial charge in [0.05, 0.1) is 52.5 Å². The smallest absolute Gasteiger partial charge is 0.297 e. The van der Waals surface area contributed by atoms with Gasteiger partial charge in [-0.05, 0) is 137 Å². The van der Waals surface area contributed by atoms with Gasteiger partial charge in [-0.1, -0.05) is 24.3 Å². The molecule has 4 atom stereocenters. The van der Waals surface area contributed by atoms with Crippen molar-refractivity contribution in [3.63, 3.8) is 0 Å². The third-order valence-electron chi connectivity index (χ3n) is 16.7. The summed E-state index contributed by atoms with van der Waals surface area (Å²) in [7, 11) is -4.69. The highest BCUT2D eigenvalue weighted by Crippen LogP contribution is 2.55. The number of ether oxygens (including phenoxy) is 3. The monoisotopic (exact) mass is 972 g/mol. The minimum absolute atomic E-state index is 0.0198. The standard InChI is InChI=1S/C52H60N8O9S/c1-31-5-2-3-6-39(31)41-7-4-18-58(41)36-26-52(27-36)15-19-57(20-16-52)35-10-13-40(42(23-35)59-44-22-33-14-17-53-49(33)55-51(44)69-47-30-67-29-45(47)59)50(62)56-70(65,66)38-24-43(60(63)64)48-46(25-38)68-28-34(54-48)21-32-8-11-37(61)12-9-32/h2-3,5-6,10,13-14,17,22-25,32,34,36-37,41,45,47,54,61H,4,7-9,11-12,15-16,18-21,26-30H2,1H3,(H,53,55)(H,56,62)/t32?,34-,37?,41+,45-,47-/m1/s1. The number of likely N-dealkylation sites (tertiary alicyclic amines) is 1. The topological polar surface area (TPSA) is 205 Å². The predicted octanol–water partition coefficient (Wildman–Crippen LogP) is 7.90. The van der Waals surface area contributed by atoms with Crippen LogP contribution in [0.1, 0.15) is 98.2 Å². The molecule has 70 heavy (non-hydrogen) atoms. The zero-order valence-corrected chi connectivity index (χ0v) is 40.2. The minimum Gasteiger partial charge on any atom is -0.489 e. The van der Waals surface area contributed by atoms with E-state index in [1.54, 1.807) is 12.3 Å². The second-order valence-corrected chi connectivity index (χ2v) is 22.6. The molecule has 0 radical (unpaired) electrons. The molecule has 0 unspecified atom stereocenters. The number of carbonyl (C=O) groups is 1. The van der Waals surface area contributed by atoms with E-state index in [1.807, 2.05) is 29.2 Å². The van der Waals surface area contributed by atoms with Crippen molar-refractivity contribution in [3.05, 3.63) is 99.7 Å². The Hall–Kier alpha value is -5.95. The number of hydrogen-bond acceptors (Lipinski definition) is 14. The number of H-pyrrole nitrogens is 1. The average molecular weight is 973 g/mol. The zero-order valence-electron chi connectivity index (χ0n) is 39.3. The molecule has 2 saturated carbocycles. The van der Waals surface area contributed by atoms with Crippen LogP contribution in [0.4, 0.5) is 28.4 Å². The summed E-state index contributed by atoms with van der Waals surface area (Å²) in [6, 6.07) is 20.9. The Morgan fingerprint density at radius 3 is 2.59 bits per heavy atom. The molecule has 18 heteroatoms. The maximum atomic E-state index is 14.7. The van der Waals surface area contributed by atoms with Crippen LogP contribution in [0.2, 0.25) is 0 Å². The quantitative estimate of drug-likeness (QED) is 0.0777. The number of rotatable bonds is 10. The number of nitro groups is 1. The third kappa shape index (κ3) is 8.19. The van der Waals surface area contributed by atoms with Gasteiger partial charge >= 0.3 is 0 Å². The van der Waals surface area contributed by atoms with Crippen LogP contribution < -0.4 is 29.3 Å². The molecule has 3 aromatic carbocycles. The molecular weight excluding hydrogens is 913 g/mol. The molecule has 7 heterocycles. The van der Waals surface area contributed by atoms with Crippen molar-refractivity contribution in [2.75, 3.05) is 54.6 Å². The summed E-state index contributed by atoms with van der Waals surface area (Å²) in [6.45, 7) is 5.83. The van der Waals surface area contributed by atoms with E-state index in [4.69, 9.17) is 19.2 Å². The van der Waals surface area contributed by atoms with Crippen LogP contribution in [0.3, 0.4) is 0 Å². The van der Waals surface area contributed by atoms with E-state index in [1.165, 1.54) is 42.9 Å². The lowest BCUT2D eigenvalue weighted by Crippen LogP contribution is -2.55. The third-order valence-corrected chi connectivity index (χ3v) is 18.0. The molecule has 5 fully saturated rings. The number of sulfonamides is 1. The molecule has 17 nitrogen and oxygen atoms in total. The van der Waals surface area contributed by atoms with Gasteiger partial charge in [-0.15, -0.1) is 0 Å². The van der Waals surface area contributed by atoms with Crippen LogP contribution in [0.5, 0.6) is 11.6 Å². The van der Waals surface area contributed by atoms with Gasteiger partial charge in [-0.25, -0.2) is 13.1 Å². The van der Waals surface area contributed by atoms with Gasteiger partial charge in [0.2, 0.25) is 5.88 Å². The summed E-state index contributed by atoms with van der Waals surface area (Å²) in [5.74, 6) is -0.190. The van der Waals surface area contributed by atoms with Crippen LogP contribution in [0.15, 0.2) is 77.8 Å². The highest BCUT2D eigenvalue weighted by molar-refractivity contribution is 7.90. The first kappa shape index (κ1) is 45.2. The largest absolute Gasteiger partial charge is 0.489 e. The number of pyridine rings is 1. The van der Waals surface area contributed by atoms with Crippen molar-refractivity contribution in [2.24, 2.45) is 11.3 Å². The van der Waals surface area contributed by atoms with Gasteiger partial charge in [-0.3, -0.25) is 19.8 Å². The van der Waals surface area contributed by atoms with Crippen LogP contribution in [0.25, 0.3) is 11.0 Å². The van der Waals surface area contributed by atoms with Gasteiger partial charge < -0.3 is 39.4 Å². The Morgan fingerprint density at radius 1 is 0.971 bits per heavy atom. The second-order valence-electron chi connectivity index (χ2n) is 20.9. The number of carbonyl (C=O) groups excluding carboxylic acids is 1. The number of benzene rings is 3. The summed E-state index contributed by atoms with van der Waals surface area (Å²) in [5, 5.41) is 26.6. The molecule has 1 spiro atoms. The van der Waals surface area contributed by atoms with Crippen LogP contribution >= 0.6 is 0 Å². The molecule has 1 amide bonds. The number of fused-ring (bicyclic) bond motifs is 4. The van der Waals surface area contributed by atoms with Gasteiger partial charge in [0.1, 0.15) is 24.0 Å². The molecule has 3 saturated heterocycles. The first-order valence-electron chi connectivity index (χ1n) is 25.1. The number of amides is 1. The molecule has 4 N–H and O–H groups in total. The van der Waals surface area contributed by atoms with E-state index in [-0.39, 0.29) is 47.2 Å². The first-order valence-corrected chi connectivity index (χ1v) is 26.6. The molecule has 368 valence electrons. The zero-order chi connectivity index (χ0) is 47.9. The van der Waals surface area contributed by atoms with E-state index in [9.17, 15) is 28.4 Å². The lowest BCUT2D eigenvalue weighted by molar-refractivity contribution is -0.384. The number of hydrogen-bond donors (Lipinski definition) is 4. The SMILES string of the molecule is Cc1ccccc1[C@@H]1CCCN1C1CC2(CCN(c3ccc(C(=O)NS(=O)(=O)c4cc5c(c([N+](=O)[O-])c4)N[C@H](CC4CCC(O)CC4)CO5)c(N4c5cc6cc[nH]c6nc5O[C@@H]5COC[C@H]54)c3)CC2)C1. The summed E-state index contributed by atoms with van der Waals surface area (Å²) >= 11 is 0. The summed E-state index contributed by atoms with van der Waals surface area (Å²) in [6.07, 6.45) is 11.8. The maximum absolute atomic E-state index is 14.7. The number of nitrogens with one attached hydrogen (secondary N) is 3. The summed E-state index contributed by atoms with van der Waals surface area (Å²) < 4.78 is 49.3. The number of aryl methyl sites for hydroxylation is 1. The Kier molecular flexibility index (Phi) is 11.4. The van der Waals surface area contributed by atoms with Crippen LogP contribution in [0, 0.1) is 28.4 Å². The lowest BCUT2D eigenvalue weighted by Gasteiger charge is -2.56. The van der Waals surface area contributed by atoms with Crippen molar-refractivity contribution in [1.82, 2.24) is 19.6 Å². The number of aromatic nitrogens is 2. The predicted molar refractivity (Wildman–Crippen MR) is 264 cm³/mol. The van der Waals surface area contributed by atoms with Gasteiger partial charge in [0.25, 0.3) is 21.6 Å². The molecule has 2 aromatic heterocycles. The van der Waals surface area contributed by atoms with E-state index in [0.29, 0.717) is 73.4 Å². The Labute approximate surface area is 407 Å². The van der Waals surface area contributed by atoms with E-state index >= 15 is 0 Å². The number of aliphatic hydroxyl groups is 1. The van der Waals surface area contributed by atoms with Crippen LogP contribution in [-0.2, 0) is 14.8 Å². The van der Waals surface area contributed by atoms with Crippen LogP contribution in [-0.4, -0.2) is 109 Å². The number of anilines is 4. The van der Waals surface area contributed by atoms with E-state index in [0.717, 1.165) is 62.5 Å². The van der Waals surface area contributed by atoms with E-state index in [2.05, 4.69) is 56.0 Å². The van der Waals surface area contributed by atoms with Crippen molar-refractivity contribution >= 4 is 55.4 Å². The average Bonchev–Trinajstić information content (AvgIpc) is 4.14. The highest BCUT2D eigenvalue weighted by Gasteiger charge is 2.50. The summed E-state index contributed by atoms with van der Waals surface area (Å²) in [5.41, 5.74) is 5.48. The van der Waals surface area contributed by atoms with Crippen molar-refractivity contribution in [1.29, 1.82) is 0 Å². The Balaban J connectivity index is 0.824.